The van der Waals surface area contributed by atoms with Crippen molar-refractivity contribution in [2.45, 2.75) is 46.1 Å². The molecule has 3 nitrogen and oxygen atoms in total. The van der Waals surface area contributed by atoms with Gasteiger partial charge in [0.1, 0.15) is 0 Å². The van der Waals surface area contributed by atoms with Crippen molar-refractivity contribution in [3.05, 3.63) is 35.9 Å². The van der Waals surface area contributed by atoms with E-state index in [0.29, 0.717) is 6.61 Å². The Morgan fingerprint density at radius 2 is 1.89 bits per heavy atom. The maximum Gasteiger partial charge on any atom is 0.314 e. The molecule has 0 saturated heterocycles. The normalized spacial score (nSPS) is 13.1. The van der Waals surface area contributed by atoms with Gasteiger partial charge in [0, 0.05) is 0 Å². The maximum atomic E-state index is 12.1. The van der Waals surface area contributed by atoms with E-state index in [2.05, 4.69) is 6.92 Å². The first-order valence-corrected chi connectivity index (χ1v) is 6.90. The number of benzene rings is 1. The average Bonchev–Trinajstić information content (AvgIpc) is 2.43. The minimum absolute atomic E-state index is 0.347. The molecule has 1 aromatic carbocycles. The Bertz CT molecular complexity index is 384. The molecule has 0 amide bonds. The summed E-state index contributed by atoms with van der Waals surface area (Å²) in [5.74, 6) is -0.347. The van der Waals surface area contributed by atoms with Crippen LogP contribution in [-0.2, 0) is 9.53 Å². The number of carbonyl (C=O) groups excluding carboxylic acids is 1. The molecule has 1 atom stereocenters. The van der Waals surface area contributed by atoms with Crippen molar-refractivity contribution in [1.29, 1.82) is 0 Å². The van der Waals surface area contributed by atoms with Crippen molar-refractivity contribution in [1.82, 2.24) is 0 Å². The quantitative estimate of drug-likeness (QED) is 0.606. The van der Waals surface area contributed by atoms with Gasteiger partial charge in [-0.3, -0.25) is 4.79 Å². The zero-order chi connectivity index (χ0) is 14.3. The second kappa shape index (κ2) is 7.29. The molecule has 3 heteroatoms. The fraction of sp³-hybridized carbons (Fsp3) is 0.562. The molecule has 0 aliphatic heterocycles. The first kappa shape index (κ1) is 15.7. The third-order valence-electron chi connectivity index (χ3n) is 3.31. The molecule has 1 N–H and O–H groups in total. The van der Waals surface area contributed by atoms with E-state index in [1.54, 1.807) is 13.8 Å². The fourth-order valence-corrected chi connectivity index (χ4v) is 1.87. The van der Waals surface area contributed by atoms with E-state index in [4.69, 9.17) is 4.74 Å². The topological polar surface area (TPSA) is 46.5 Å². The molecular weight excluding hydrogens is 240 g/mol. The van der Waals surface area contributed by atoms with Crippen LogP contribution in [0.2, 0.25) is 0 Å². The lowest BCUT2D eigenvalue weighted by Crippen LogP contribution is -2.33. The number of aliphatic hydroxyl groups is 1. The molecule has 0 aromatic heterocycles. The largest absolute Gasteiger partial charge is 0.465 e. The van der Waals surface area contributed by atoms with Gasteiger partial charge < -0.3 is 9.84 Å². The highest BCUT2D eigenvalue weighted by Crippen LogP contribution is 2.34. The van der Waals surface area contributed by atoms with Crippen LogP contribution in [0, 0.1) is 5.41 Å². The minimum Gasteiger partial charge on any atom is -0.465 e. The van der Waals surface area contributed by atoms with E-state index in [1.165, 1.54) is 0 Å². The van der Waals surface area contributed by atoms with Gasteiger partial charge in [-0.25, -0.2) is 0 Å². The number of hydrogen-bond acceptors (Lipinski definition) is 3. The molecule has 1 aromatic rings. The van der Waals surface area contributed by atoms with Crippen LogP contribution in [0.25, 0.3) is 0 Å². The predicted molar refractivity (Wildman–Crippen MR) is 75.7 cm³/mol. The third kappa shape index (κ3) is 4.35. The summed E-state index contributed by atoms with van der Waals surface area (Å²) in [4.78, 5) is 12.1. The molecule has 0 spiro atoms. The number of unbranched alkanes of at least 4 members (excludes halogenated alkanes) is 2. The number of esters is 1. The standard InChI is InChI=1S/C16H24O3/c1-4-5-9-12-19-15(18)16(2,3)14(17)13-10-7-6-8-11-13/h6-8,10-11,14,17H,4-5,9,12H2,1-3H3. The smallest absolute Gasteiger partial charge is 0.314 e. The van der Waals surface area contributed by atoms with E-state index < -0.39 is 11.5 Å². The van der Waals surface area contributed by atoms with Gasteiger partial charge in [0.05, 0.1) is 18.1 Å². The van der Waals surface area contributed by atoms with E-state index in [0.717, 1.165) is 24.8 Å². The molecule has 106 valence electrons. The first-order chi connectivity index (χ1) is 9.00. The molecule has 1 unspecified atom stereocenters. The molecule has 0 aliphatic rings. The second-order valence-electron chi connectivity index (χ2n) is 5.38. The van der Waals surface area contributed by atoms with Gasteiger partial charge in [-0.2, -0.15) is 0 Å². The van der Waals surface area contributed by atoms with E-state index >= 15 is 0 Å². The fourth-order valence-electron chi connectivity index (χ4n) is 1.87. The van der Waals surface area contributed by atoms with Gasteiger partial charge in [-0.05, 0) is 25.8 Å². The third-order valence-corrected chi connectivity index (χ3v) is 3.31. The van der Waals surface area contributed by atoms with Crippen molar-refractivity contribution in [3.8, 4) is 0 Å². The molecular formula is C16H24O3. The summed E-state index contributed by atoms with van der Waals surface area (Å²) in [6.07, 6.45) is 2.16. The first-order valence-electron chi connectivity index (χ1n) is 6.90. The van der Waals surface area contributed by atoms with E-state index in [1.807, 2.05) is 30.3 Å². The number of rotatable bonds is 7. The van der Waals surface area contributed by atoms with Crippen LogP contribution < -0.4 is 0 Å². The summed E-state index contributed by atoms with van der Waals surface area (Å²) in [6.45, 7) is 5.96. The predicted octanol–water partition coefficient (Wildman–Crippen LogP) is 3.48. The summed E-state index contributed by atoms with van der Waals surface area (Å²) in [5.41, 5.74) is -0.203. The number of hydrogen-bond donors (Lipinski definition) is 1. The highest BCUT2D eigenvalue weighted by Gasteiger charge is 2.38. The Morgan fingerprint density at radius 3 is 2.47 bits per heavy atom. The van der Waals surface area contributed by atoms with Gasteiger partial charge in [0.25, 0.3) is 0 Å². The Labute approximate surface area is 115 Å². The zero-order valence-electron chi connectivity index (χ0n) is 12.1. The van der Waals surface area contributed by atoms with Crippen LogP contribution >= 0.6 is 0 Å². The summed E-state index contributed by atoms with van der Waals surface area (Å²) in [7, 11) is 0. The second-order valence-corrected chi connectivity index (χ2v) is 5.38. The maximum absolute atomic E-state index is 12.1. The number of ether oxygens (including phenoxy) is 1. The van der Waals surface area contributed by atoms with Gasteiger partial charge in [-0.15, -0.1) is 0 Å². The summed E-state index contributed by atoms with van der Waals surface area (Å²) in [6, 6.07) is 9.21. The summed E-state index contributed by atoms with van der Waals surface area (Å²) >= 11 is 0. The Kier molecular flexibility index (Phi) is 6.03. The van der Waals surface area contributed by atoms with E-state index in [-0.39, 0.29) is 5.97 Å². The SMILES string of the molecule is CCCCCOC(=O)C(C)(C)C(O)c1ccccc1. The lowest BCUT2D eigenvalue weighted by atomic mass is 9.83. The van der Waals surface area contributed by atoms with Crippen molar-refractivity contribution in [2.75, 3.05) is 6.61 Å². The van der Waals surface area contributed by atoms with Crippen LogP contribution in [0.3, 0.4) is 0 Å². The van der Waals surface area contributed by atoms with Crippen LogP contribution in [-0.4, -0.2) is 17.7 Å². The van der Waals surface area contributed by atoms with Crippen molar-refractivity contribution in [3.63, 3.8) is 0 Å². The van der Waals surface area contributed by atoms with Gasteiger partial charge in [0.15, 0.2) is 0 Å². The molecule has 1 rings (SSSR count). The lowest BCUT2D eigenvalue weighted by Gasteiger charge is -2.28. The lowest BCUT2D eigenvalue weighted by molar-refractivity contribution is -0.161. The van der Waals surface area contributed by atoms with E-state index in [9.17, 15) is 9.90 Å². The van der Waals surface area contributed by atoms with Crippen molar-refractivity contribution >= 4 is 5.97 Å². The summed E-state index contributed by atoms with van der Waals surface area (Å²) in [5, 5.41) is 10.3. The molecule has 19 heavy (non-hydrogen) atoms. The van der Waals surface area contributed by atoms with Crippen molar-refractivity contribution in [2.24, 2.45) is 5.41 Å². The van der Waals surface area contributed by atoms with Gasteiger partial charge in [0.2, 0.25) is 0 Å². The molecule has 0 bridgehead atoms. The van der Waals surface area contributed by atoms with Crippen LogP contribution in [0.5, 0.6) is 0 Å². The number of aliphatic hydroxyl groups excluding tert-OH is 1. The van der Waals surface area contributed by atoms with Gasteiger partial charge in [-0.1, -0.05) is 50.1 Å². The molecule has 0 heterocycles. The van der Waals surface area contributed by atoms with Crippen LogP contribution in [0.1, 0.15) is 51.7 Å². The molecule has 0 fully saturated rings. The molecule has 0 radical (unpaired) electrons. The Hall–Kier alpha value is -1.35. The van der Waals surface area contributed by atoms with Gasteiger partial charge >= 0.3 is 5.97 Å². The average molecular weight is 264 g/mol. The highest BCUT2D eigenvalue weighted by molar-refractivity contribution is 5.77. The van der Waals surface area contributed by atoms with Crippen LogP contribution in [0.4, 0.5) is 0 Å². The van der Waals surface area contributed by atoms with Crippen LogP contribution in [0.15, 0.2) is 30.3 Å². The zero-order valence-corrected chi connectivity index (χ0v) is 12.1. The molecule has 0 saturated carbocycles. The number of carbonyl (C=O) groups is 1. The minimum atomic E-state index is -0.937. The Morgan fingerprint density at radius 1 is 1.26 bits per heavy atom. The Balaban J connectivity index is 2.61. The highest BCUT2D eigenvalue weighted by atomic mass is 16.5. The monoisotopic (exact) mass is 264 g/mol. The summed E-state index contributed by atoms with van der Waals surface area (Å²) < 4.78 is 5.25. The van der Waals surface area contributed by atoms with Crippen molar-refractivity contribution < 1.29 is 14.6 Å². The molecule has 0 aliphatic carbocycles.